The van der Waals surface area contributed by atoms with Crippen molar-refractivity contribution in [1.29, 1.82) is 0 Å². The summed E-state index contributed by atoms with van der Waals surface area (Å²) in [7, 11) is 0. The van der Waals surface area contributed by atoms with Gasteiger partial charge in [0.05, 0.1) is 11.9 Å². The van der Waals surface area contributed by atoms with Crippen LogP contribution in [-0.2, 0) is 6.42 Å². The number of hydrogen-bond acceptors (Lipinski definition) is 4. The SMILES string of the molecule is CCCc1cc(-n2cc(-c3ccc(NSCC4CC4)cc3)cn2)ccn1. The average Bonchev–Trinajstić information content (AvgIpc) is 3.36. The summed E-state index contributed by atoms with van der Waals surface area (Å²) in [6.07, 6.45) is 10.8. The molecule has 0 atom stereocenters. The lowest BCUT2D eigenvalue weighted by Crippen LogP contribution is -1.97. The Labute approximate surface area is 159 Å². The Morgan fingerprint density at radius 1 is 1.15 bits per heavy atom. The minimum absolute atomic E-state index is 0.934. The molecule has 1 aliphatic rings. The fraction of sp³-hybridized carbons (Fsp3) is 0.333. The molecule has 0 saturated heterocycles. The van der Waals surface area contributed by atoms with E-state index in [1.165, 1.54) is 24.2 Å². The summed E-state index contributed by atoms with van der Waals surface area (Å²) in [6, 6.07) is 12.7. The largest absolute Gasteiger partial charge is 0.330 e. The number of anilines is 1. The molecule has 4 rings (SSSR count). The van der Waals surface area contributed by atoms with Gasteiger partial charge in [-0.25, -0.2) is 4.68 Å². The van der Waals surface area contributed by atoms with Crippen molar-refractivity contribution in [3.63, 3.8) is 0 Å². The summed E-state index contributed by atoms with van der Waals surface area (Å²) in [5, 5.41) is 4.53. The molecule has 1 fully saturated rings. The predicted molar refractivity (Wildman–Crippen MR) is 110 cm³/mol. The first-order valence-corrected chi connectivity index (χ1v) is 10.3. The summed E-state index contributed by atoms with van der Waals surface area (Å²) in [6.45, 7) is 2.17. The van der Waals surface area contributed by atoms with Crippen LogP contribution < -0.4 is 4.72 Å². The average molecular weight is 365 g/mol. The highest BCUT2D eigenvalue weighted by Gasteiger charge is 2.20. The second-order valence-electron chi connectivity index (χ2n) is 6.86. The van der Waals surface area contributed by atoms with E-state index in [1.807, 2.05) is 35.1 Å². The van der Waals surface area contributed by atoms with Crippen LogP contribution in [0.15, 0.2) is 55.0 Å². The third-order valence-electron chi connectivity index (χ3n) is 4.58. The smallest absolute Gasteiger partial charge is 0.0679 e. The molecule has 0 radical (unpaired) electrons. The molecule has 0 aliphatic heterocycles. The van der Waals surface area contributed by atoms with Crippen LogP contribution in [0, 0.1) is 5.92 Å². The van der Waals surface area contributed by atoms with E-state index in [1.54, 1.807) is 0 Å². The van der Waals surface area contributed by atoms with Crippen LogP contribution in [0.1, 0.15) is 31.9 Å². The fourth-order valence-corrected chi connectivity index (χ4v) is 3.83. The van der Waals surface area contributed by atoms with Crippen LogP contribution in [0.4, 0.5) is 5.69 Å². The van der Waals surface area contributed by atoms with Gasteiger partial charge in [0.2, 0.25) is 0 Å². The number of nitrogens with one attached hydrogen (secondary N) is 1. The zero-order valence-corrected chi connectivity index (χ0v) is 15.9. The zero-order valence-electron chi connectivity index (χ0n) is 15.1. The van der Waals surface area contributed by atoms with Crippen LogP contribution in [-0.4, -0.2) is 20.5 Å². The van der Waals surface area contributed by atoms with E-state index in [4.69, 9.17) is 0 Å². The molecule has 0 unspecified atom stereocenters. The third-order valence-corrected chi connectivity index (χ3v) is 5.60. The van der Waals surface area contributed by atoms with Gasteiger partial charge in [0.1, 0.15) is 0 Å². The molecule has 5 heteroatoms. The van der Waals surface area contributed by atoms with Gasteiger partial charge in [-0.2, -0.15) is 5.10 Å². The minimum atomic E-state index is 0.934. The van der Waals surface area contributed by atoms with E-state index in [0.29, 0.717) is 0 Å². The Bertz CT molecular complexity index is 852. The molecular weight excluding hydrogens is 340 g/mol. The number of benzene rings is 1. The Balaban J connectivity index is 1.44. The molecule has 0 spiro atoms. The van der Waals surface area contributed by atoms with E-state index >= 15 is 0 Å². The Morgan fingerprint density at radius 3 is 2.77 bits per heavy atom. The van der Waals surface area contributed by atoms with Gasteiger partial charge in [-0.05, 0) is 55.0 Å². The molecular formula is C21H24N4S. The first-order valence-electron chi connectivity index (χ1n) is 9.30. The standard InChI is InChI=1S/C21H24N4S/c1-2-3-20-12-21(10-11-22-20)25-14-18(13-23-25)17-6-8-19(9-7-17)24-26-15-16-4-5-16/h6-14,16,24H,2-5,15H2,1H3. The molecule has 2 aromatic heterocycles. The molecule has 3 aromatic rings. The van der Waals surface area contributed by atoms with E-state index in [2.05, 4.69) is 58.3 Å². The van der Waals surface area contributed by atoms with Gasteiger partial charge in [0, 0.05) is 35.1 Å². The van der Waals surface area contributed by atoms with Crippen molar-refractivity contribution in [3.8, 4) is 16.8 Å². The maximum Gasteiger partial charge on any atom is 0.0679 e. The molecule has 1 aliphatic carbocycles. The molecule has 0 amide bonds. The monoisotopic (exact) mass is 364 g/mol. The summed E-state index contributed by atoms with van der Waals surface area (Å²) < 4.78 is 5.36. The number of rotatable bonds is 8. The lowest BCUT2D eigenvalue weighted by Gasteiger charge is -2.06. The maximum atomic E-state index is 4.53. The lowest BCUT2D eigenvalue weighted by molar-refractivity contribution is 0.848. The first kappa shape index (κ1) is 17.2. The summed E-state index contributed by atoms with van der Waals surface area (Å²) in [5.74, 6) is 2.14. The number of aryl methyl sites for hydroxylation is 1. The number of aromatic nitrogens is 3. The van der Waals surface area contributed by atoms with Gasteiger partial charge >= 0.3 is 0 Å². The van der Waals surface area contributed by atoms with Crippen molar-refractivity contribution in [3.05, 3.63) is 60.7 Å². The van der Waals surface area contributed by atoms with Gasteiger partial charge in [-0.3, -0.25) is 4.98 Å². The van der Waals surface area contributed by atoms with Crippen molar-refractivity contribution in [2.24, 2.45) is 5.92 Å². The van der Waals surface area contributed by atoms with Crippen molar-refractivity contribution in [1.82, 2.24) is 14.8 Å². The molecule has 1 aromatic carbocycles. The van der Waals surface area contributed by atoms with Gasteiger partial charge in [-0.15, -0.1) is 0 Å². The van der Waals surface area contributed by atoms with Gasteiger partial charge in [-0.1, -0.05) is 37.4 Å². The van der Waals surface area contributed by atoms with E-state index < -0.39 is 0 Å². The predicted octanol–water partition coefficient (Wildman–Crippen LogP) is 5.36. The molecule has 1 N–H and O–H groups in total. The number of nitrogens with zero attached hydrogens (tertiary/aromatic N) is 3. The summed E-state index contributed by atoms with van der Waals surface area (Å²) >= 11 is 1.81. The lowest BCUT2D eigenvalue weighted by atomic mass is 10.1. The Hall–Kier alpha value is -2.27. The highest BCUT2D eigenvalue weighted by atomic mass is 32.2. The third kappa shape index (κ3) is 4.28. The second-order valence-corrected chi connectivity index (χ2v) is 7.69. The fourth-order valence-electron chi connectivity index (χ4n) is 2.87. The molecule has 134 valence electrons. The van der Waals surface area contributed by atoms with Crippen LogP contribution in [0.25, 0.3) is 16.8 Å². The summed E-state index contributed by atoms with van der Waals surface area (Å²) in [4.78, 5) is 4.42. The molecule has 0 bridgehead atoms. The van der Waals surface area contributed by atoms with Crippen LogP contribution in [0.3, 0.4) is 0 Å². The second kappa shape index (κ2) is 7.96. The van der Waals surface area contributed by atoms with E-state index in [-0.39, 0.29) is 0 Å². The first-order chi connectivity index (χ1) is 12.8. The molecule has 1 saturated carbocycles. The minimum Gasteiger partial charge on any atom is -0.330 e. The highest BCUT2D eigenvalue weighted by molar-refractivity contribution is 8.00. The van der Waals surface area contributed by atoms with Crippen LogP contribution >= 0.6 is 11.9 Å². The quantitative estimate of drug-likeness (QED) is 0.547. The van der Waals surface area contributed by atoms with Crippen LogP contribution in [0.5, 0.6) is 0 Å². The maximum absolute atomic E-state index is 4.53. The van der Waals surface area contributed by atoms with Gasteiger partial charge in [0.15, 0.2) is 0 Å². The van der Waals surface area contributed by atoms with Crippen molar-refractivity contribution < 1.29 is 0 Å². The molecule has 4 nitrogen and oxygen atoms in total. The van der Waals surface area contributed by atoms with Gasteiger partial charge in [0.25, 0.3) is 0 Å². The Morgan fingerprint density at radius 2 is 2.00 bits per heavy atom. The number of hydrogen-bond donors (Lipinski definition) is 1. The van der Waals surface area contributed by atoms with Crippen molar-refractivity contribution >= 4 is 17.6 Å². The van der Waals surface area contributed by atoms with Gasteiger partial charge < -0.3 is 4.72 Å². The van der Waals surface area contributed by atoms with E-state index in [9.17, 15) is 0 Å². The normalized spacial score (nSPS) is 13.7. The summed E-state index contributed by atoms with van der Waals surface area (Å²) in [5.41, 5.74) is 5.63. The Kier molecular flexibility index (Phi) is 5.25. The van der Waals surface area contributed by atoms with Crippen molar-refractivity contribution in [2.75, 3.05) is 10.5 Å². The topological polar surface area (TPSA) is 42.7 Å². The molecule has 2 heterocycles. The molecule has 26 heavy (non-hydrogen) atoms. The van der Waals surface area contributed by atoms with Crippen molar-refractivity contribution in [2.45, 2.75) is 32.6 Å². The number of pyridine rings is 1. The zero-order chi connectivity index (χ0) is 17.8. The van der Waals surface area contributed by atoms with E-state index in [0.717, 1.165) is 41.4 Å². The van der Waals surface area contributed by atoms with Crippen LogP contribution in [0.2, 0.25) is 0 Å². The highest BCUT2D eigenvalue weighted by Crippen LogP contribution is 2.32.